The maximum Gasteiger partial charge on any atom is 0.259 e. The summed E-state index contributed by atoms with van der Waals surface area (Å²) in [6.07, 6.45) is 6.63. The smallest absolute Gasteiger partial charge is 0.259 e. The average molecular weight is 324 g/mol. The number of likely N-dealkylation sites (tertiary alicyclic amines) is 1. The van der Waals surface area contributed by atoms with Crippen LogP contribution >= 0.6 is 0 Å². The molecular weight excluding hydrogens is 300 g/mol. The first-order valence-electron chi connectivity index (χ1n) is 8.69. The number of carbonyl (C=O) groups is 1. The Bertz CT molecular complexity index is 752. The maximum atomic E-state index is 12.9. The molecule has 0 radical (unpaired) electrons. The van der Waals surface area contributed by atoms with Gasteiger partial charge in [0, 0.05) is 30.5 Å². The molecule has 1 aliphatic rings. The first-order chi connectivity index (χ1) is 11.6. The fraction of sp³-hybridized carbons (Fsp3) is 0.400. The predicted molar refractivity (Wildman–Crippen MR) is 95.2 cm³/mol. The van der Waals surface area contributed by atoms with E-state index in [9.17, 15) is 9.59 Å². The molecule has 1 atom stereocenters. The van der Waals surface area contributed by atoms with Gasteiger partial charge in [0.05, 0.1) is 0 Å². The number of benzene rings is 1. The van der Waals surface area contributed by atoms with Crippen LogP contribution in [0.5, 0.6) is 0 Å². The van der Waals surface area contributed by atoms with Crippen molar-refractivity contribution in [1.29, 1.82) is 0 Å². The van der Waals surface area contributed by atoms with Crippen LogP contribution in [0.2, 0.25) is 0 Å². The minimum absolute atomic E-state index is 0.131. The van der Waals surface area contributed by atoms with Crippen molar-refractivity contribution in [3.63, 3.8) is 0 Å². The Morgan fingerprint density at radius 1 is 1.25 bits per heavy atom. The van der Waals surface area contributed by atoms with Gasteiger partial charge in [0.15, 0.2) is 5.43 Å². The number of nitrogens with zero attached hydrogens (tertiary/aromatic N) is 1. The third-order valence-electron chi connectivity index (χ3n) is 4.78. The largest absolute Gasteiger partial charge is 0.364 e. The zero-order valence-corrected chi connectivity index (χ0v) is 14.1. The minimum atomic E-state index is -0.191. The molecule has 0 bridgehead atoms. The van der Waals surface area contributed by atoms with Gasteiger partial charge in [-0.25, -0.2) is 0 Å². The van der Waals surface area contributed by atoms with Crippen LogP contribution < -0.4 is 5.43 Å². The lowest BCUT2D eigenvalue weighted by Gasteiger charge is -2.36. The average Bonchev–Trinajstić information content (AvgIpc) is 2.60. The van der Waals surface area contributed by atoms with Gasteiger partial charge in [-0.2, -0.15) is 0 Å². The summed E-state index contributed by atoms with van der Waals surface area (Å²) in [5.74, 6) is -0.131. The molecule has 2 heterocycles. The number of piperidine rings is 1. The molecule has 4 nitrogen and oxygen atoms in total. The second kappa shape index (κ2) is 7.47. The molecule has 126 valence electrons. The van der Waals surface area contributed by atoms with E-state index < -0.39 is 0 Å². The van der Waals surface area contributed by atoms with Gasteiger partial charge in [0.25, 0.3) is 5.91 Å². The molecule has 1 saturated heterocycles. The molecule has 0 spiro atoms. The first kappa shape index (κ1) is 16.5. The molecule has 0 unspecified atom stereocenters. The van der Waals surface area contributed by atoms with Crippen LogP contribution in [0, 0.1) is 6.92 Å². The van der Waals surface area contributed by atoms with Crippen molar-refractivity contribution in [2.45, 2.75) is 45.1 Å². The molecule has 0 aliphatic carbocycles. The van der Waals surface area contributed by atoms with E-state index in [1.807, 2.05) is 30.0 Å². The van der Waals surface area contributed by atoms with E-state index in [-0.39, 0.29) is 22.9 Å². The Labute approximate surface area is 142 Å². The maximum absolute atomic E-state index is 12.9. The molecule has 1 aromatic heterocycles. The number of nitrogens with one attached hydrogen (secondary N) is 1. The number of aromatic amines is 1. The molecule has 1 N–H and O–H groups in total. The van der Waals surface area contributed by atoms with Gasteiger partial charge in [0.1, 0.15) is 5.56 Å². The molecule has 0 saturated carbocycles. The molecule has 1 fully saturated rings. The lowest BCUT2D eigenvalue weighted by molar-refractivity contribution is 0.0600. The number of aromatic nitrogens is 1. The Hall–Kier alpha value is -2.36. The molecule has 1 amide bonds. The number of pyridine rings is 1. The third-order valence-corrected chi connectivity index (χ3v) is 4.78. The van der Waals surface area contributed by atoms with Crippen molar-refractivity contribution >= 4 is 5.91 Å². The summed E-state index contributed by atoms with van der Waals surface area (Å²) < 4.78 is 0. The van der Waals surface area contributed by atoms with Crippen molar-refractivity contribution < 1.29 is 4.79 Å². The SMILES string of the molecule is Cc1cc(=O)c(C(=O)N2CCCC[C@H]2CCc2ccccc2)c[nH]1. The van der Waals surface area contributed by atoms with Crippen LogP contribution in [0.4, 0.5) is 0 Å². The van der Waals surface area contributed by atoms with Crippen molar-refractivity contribution in [1.82, 2.24) is 9.88 Å². The zero-order chi connectivity index (χ0) is 16.9. The monoisotopic (exact) mass is 324 g/mol. The summed E-state index contributed by atoms with van der Waals surface area (Å²) in [6, 6.07) is 12.1. The molecule has 1 aliphatic heterocycles. The molecular formula is C20H24N2O2. The highest BCUT2D eigenvalue weighted by Gasteiger charge is 2.28. The standard InChI is InChI=1S/C20H24N2O2/c1-15-13-19(23)18(14-21-15)20(24)22-12-6-5-9-17(22)11-10-16-7-3-2-4-8-16/h2-4,7-8,13-14,17H,5-6,9-12H2,1H3,(H,21,23)/t17-/m0/s1. The molecule has 4 heteroatoms. The fourth-order valence-corrected chi connectivity index (χ4v) is 3.44. The van der Waals surface area contributed by atoms with Crippen molar-refractivity contribution in [2.75, 3.05) is 6.54 Å². The van der Waals surface area contributed by atoms with Gasteiger partial charge < -0.3 is 9.88 Å². The predicted octanol–water partition coefficient (Wildman–Crippen LogP) is 3.31. The van der Waals surface area contributed by atoms with E-state index in [0.717, 1.165) is 44.3 Å². The van der Waals surface area contributed by atoms with Crippen LogP contribution in [-0.2, 0) is 6.42 Å². The van der Waals surface area contributed by atoms with Crippen LogP contribution in [0.15, 0.2) is 47.4 Å². The highest BCUT2D eigenvalue weighted by Crippen LogP contribution is 2.22. The van der Waals surface area contributed by atoms with Gasteiger partial charge in [-0.3, -0.25) is 9.59 Å². The Morgan fingerprint density at radius 2 is 2.04 bits per heavy atom. The summed E-state index contributed by atoms with van der Waals surface area (Å²) in [7, 11) is 0. The van der Waals surface area contributed by atoms with Crippen molar-refractivity contribution in [3.05, 3.63) is 69.6 Å². The van der Waals surface area contributed by atoms with Gasteiger partial charge in [-0.1, -0.05) is 30.3 Å². The number of hydrogen-bond donors (Lipinski definition) is 1. The number of aryl methyl sites for hydroxylation is 2. The minimum Gasteiger partial charge on any atom is -0.364 e. The van der Waals surface area contributed by atoms with E-state index in [1.165, 1.54) is 11.6 Å². The highest BCUT2D eigenvalue weighted by atomic mass is 16.2. The van der Waals surface area contributed by atoms with E-state index >= 15 is 0 Å². The van der Waals surface area contributed by atoms with Gasteiger partial charge in [0.2, 0.25) is 0 Å². The van der Waals surface area contributed by atoms with Gasteiger partial charge in [-0.05, 0) is 44.6 Å². The second-order valence-corrected chi connectivity index (χ2v) is 6.57. The molecule has 24 heavy (non-hydrogen) atoms. The van der Waals surface area contributed by atoms with Crippen molar-refractivity contribution in [2.24, 2.45) is 0 Å². The normalized spacial score (nSPS) is 17.7. The zero-order valence-electron chi connectivity index (χ0n) is 14.1. The number of amides is 1. The number of H-pyrrole nitrogens is 1. The lowest BCUT2D eigenvalue weighted by atomic mass is 9.95. The van der Waals surface area contributed by atoms with Crippen LogP contribution in [0.1, 0.15) is 47.3 Å². The van der Waals surface area contributed by atoms with E-state index in [0.29, 0.717) is 0 Å². The van der Waals surface area contributed by atoms with Crippen LogP contribution in [-0.4, -0.2) is 28.4 Å². The summed E-state index contributed by atoms with van der Waals surface area (Å²) in [5.41, 5.74) is 2.13. The number of carbonyl (C=O) groups excluding carboxylic acids is 1. The second-order valence-electron chi connectivity index (χ2n) is 6.57. The van der Waals surface area contributed by atoms with Crippen LogP contribution in [0.25, 0.3) is 0 Å². The topological polar surface area (TPSA) is 53.2 Å². The lowest BCUT2D eigenvalue weighted by Crippen LogP contribution is -2.45. The Kier molecular flexibility index (Phi) is 5.14. The molecule has 3 rings (SSSR count). The number of hydrogen-bond acceptors (Lipinski definition) is 2. The van der Waals surface area contributed by atoms with Crippen molar-refractivity contribution in [3.8, 4) is 0 Å². The Balaban J connectivity index is 1.74. The quantitative estimate of drug-likeness (QED) is 0.938. The van der Waals surface area contributed by atoms with E-state index in [4.69, 9.17) is 0 Å². The molecule has 2 aromatic rings. The highest BCUT2D eigenvalue weighted by molar-refractivity contribution is 5.94. The summed E-state index contributed by atoms with van der Waals surface area (Å²) in [5, 5.41) is 0. The van der Waals surface area contributed by atoms with Crippen LogP contribution in [0.3, 0.4) is 0 Å². The third kappa shape index (κ3) is 3.75. The van der Waals surface area contributed by atoms with E-state index in [1.54, 1.807) is 6.20 Å². The van der Waals surface area contributed by atoms with Gasteiger partial charge in [-0.15, -0.1) is 0 Å². The fourth-order valence-electron chi connectivity index (χ4n) is 3.44. The summed E-state index contributed by atoms with van der Waals surface area (Å²) in [4.78, 5) is 29.9. The summed E-state index contributed by atoms with van der Waals surface area (Å²) in [6.45, 7) is 2.56. The van der Waals surface area contributed by atoms with Gasteiger partial charge >= 0.3 is 0 Å². The molecule has 1 aromatic carbocycles. The summed E-state index contributed by atoms with van der Waals surface area (Å²) >= 11 is 0. The van der Waals surface area contributed by atoms with E-state index in [2.05, 4.69) is 17.1 Å². The number of rotatable bonds is 4. The first-order valence-corrected chi connectivity index (χ1v) is 8.69. The Morgan fingerprint density at radius 3 is 2.79 bits per heavy atom.